The number of amides is 1. The lowest BCUT2D eigenvalue weighted by Crippen LogP contribution is -2.37. The van der Waals surface area contributed by atoms with E-state index in [0.717, 1.165) is 56.8 Å². The molecule has 1 amide bonds. The largest absolute Gasteiger partial charge is 0.366 e. The van der Waals surface area contributed by atoms with E-state index in [4.69, 9.17) is 5.73 Å². The van der Waals surface area contributed by atoms with Gasteiger partial charge in [-0.1, -0.05) is 18.2 Å². The van der Waals surface area contributed by atoms with Crippen LogP contribution in [0.5, 0.6) is 0 Å². The number of carbonyl (C=O) groups excluding carboxylic acids is 2. The topological polar surface area (TPSA) is 63.4 Å². The summed E-state index contributed by atoms with van der Waals surface area (Å²) in [5, 5.41) is 0. The highest BCUT2D eigenvalue weighted by atomic mass is 19.1. The average Bonchev–Trinajstić information content (AvgIpc) is 2.83. The number of hydrogen-bond acceptors (Lipinski definition) is 3. The molecule has 4 rings (SSSR count). The Balaban J connectivity index is 1.20. The molecule has 2 N–H and O–H groups in total. The van der Waals surface area contributed by atoms with Crippen LogP contribution in [0.2, 0.25) is 0 Å². The summed E-state index contributed by atoms with van der Waals surface area (Å²) in [5.41, 5.74) is 7.98. The van der Waals surface area contributed by atoms with Crippen LogP contribution in [0.4, 0.5) is 4.39 Å². The molecule has 1 saturated carbocycles. The van der Waals surface area contributed by atoms with Gasteiger partial charge in [-0.2, -0.15) is 0 Å². The Labute approximate surface area is 190 Å². The molecule has 5 heteroatoms. The van der Waals surface area contributed by atoms with Crippen molar-refractivity contribution in [1.82, 2.24) is 4.90 Å². The molecule has 4 nitrogen and oxygen atoms in total. The highest BCUT2D eigenvalue weighted by Crippen LogP contribution is 2.38. The minimum Gasteiger partial charge on any atom is -0.366 e. The maximum Gasteiger partial charge on any atom is 0.248 e. The number of benzene rings is 2. The predicted molar refractivity (Wildman–Crippen MR) is 124 cm³/mol. The number of carbonyl (C=O) groups is 2. The molecule has 1 aliphatic carbocycles. The molecule has 1 aliphatic heterocycles. The monoisotopic (exact) mass is 436 g/mol. The normalized spacial score (nSPS) is 22.5. The van der Waals surface area contributed by atoms with Gasteiger partial charge < -0.3 is 10.6 Å². The van der Waals surface area contributed by atoms with Crippen LogP contribution in [0.25, 0.3) is 0 Å². The summed E-state index contributed by atoms with van der Waals surface area (Å²) in [6, 6.07) is 13.7. The molecule has 2 aromatic rings. The zero-order valence-electron chi connectivity index (χ0n) is 18.6. The van der Waals surface area contributed by atoms with Gasteiger partial charge in [-0.3, -0.25) is 9.59 Å². The summed E-state index contributed by atoms with van der Waals surface area (Å²) in [6.07, 6.45) is 7.57. The first-order valence-electron chi connectivity index (χ1n) is 11.9. The first kappa shape index (κ1) is 22.7. The summed E-state index contributed by atoms with van der Waals surface area (Å²) in [6.45, 7) is 3.00. The fourth-order valence-electron chi connectivity index (χ4n) is 5.47. The predicted octanol–water partition coefficient (Wildman–Crippen LogP) is 5.18. The van der Waals surface area contributed by atoms with Crippen molar-refractivity contribution in [2.45, 2.75) is 50.9 Å². The third-order valence-corrected chi connectivity index (χ3v) is 7.45. The van der Waals surface area contributed by atoms with E-state index >= 15 is 0 Å². The van der Waals surface area contributed by atoms with E-state index in [2.05, 4.69) is 11.0 Å². The molecule has 0 spiro atoms. The van der Waals surface area contributed by atoms with Gasteiger partial charge in [-0.15, -0.1) is 0 Å². The van der Waals surface area contributed by atoms with Crippen LogP contribution in [0.1, 0.15) is 77.1 Å². The Morgan fingerprint density at radius 1 is 0.906 bits per heavy atom. The fourth-order valence-corrected chi connectivity index (χ4v) is 5.47. The number of halogens is 1. The Bertz CT molecular complexity index is 927. The first-order chi connectivity index (χ1) is 15.5. The second kappa shape index (κ2) is 10.4. The van der Waals surface area contributed by atoms with Crippen LogP contribution >= 0.6 is 0 Å². The van der Waals surface area contributed by atoms with Crippen molar-refractivity contribution in [1.29, 1.82) is 0 Å². The van der Waals surface area contributed by atoms with Crippen LogP contribution in [0, 0.1) is 17.7 Å². The van der Waals surface area contributed by atoms with Crippen molar-refractivity contribution in [3.05, 3.63) is 71.0 Å². The van der Waals surface area contributed by atoms with Crippen LogP contribution in [0.3, 0.4) is 0 Å². The lowest BCUT2D eigenvalue weighted by Gasteiger charge is -2.34. The highest BCUT2D eigenvalue weighted by Gasteiger charge is 2.28. The molecule has 1 heterocycles. The number of nitrogens with zero attached hydrogens (tertiary/aromatic N) is 1. The number of rotatable bonds is 7. The Hall–Kier alpha value is -2.53. The van der Waals surface area contributed by atoms with Gasteiger partial charge in [0.1, 0.15) is 5.82 Å². The van der Waals surface area contributed by atoms with E-state index < -0.39 is 0 Å². The number of Topliss-reactive ketones (excluding diaryl/α,β-unsaturated/α-hetero) is 1. The van der Waals surface area contributed by atoms with Gasteiger partial charge in [0.15, 0.2) is 5.78 Å². The lowest BCUT2D eigenvalue weighted by molar-refractivity contribution is 0.0832. The molecular formula is C27H33FN2O2. The second-order valence-electron chi connectivity index (χ2n) is 9.44. The first-order valence-corrected chi connectivity index (χ1v) is 11.9. The van der Waals surface area contributed by atoms with Crippen molar-refractivity contribution in [3.63, 3.8) is 0 Å². The Morgan fingerprint density at radius 2 is 1.56 bits per heavy atom. The third kappa shape index (κ3) is 5.44. The molecule has 0 bridgehead atoms. The van der Waals surface area contributed by atoms with Gasteiger partial charge in [0.25, 0.3) is 0 Å². The SMILES string of the molecule is NC(=O)c1ccccc1[C@H]1CC[C@H](CCN2CCC(C(=O)c3ccc(F)cc3)CC2)CC1. The molecule has 170 valence electrons. The molecule has 2 aromatic carbocycles. The van der Waals surface area contributed by atoms with Crippen LogP contribution in [-0.4, -0.2) is 36.2 Å². The Morgan fingerprint density at radius 3 is 2.22 bits per heavy atom. The van der Waals surface area contributed by atoms with Gasteiger partial charge in [0.05, 0.1) is 0 Å². The Kier molecular flexibility index (Phi) is 7.36. The minimum atomic E-state index is -0.330. The summed E-state index contributed by atoms with van der Waals surface area (Å²) < 4.78 is 13.1. The average molecular weight is 437 g/mol. The fraction of sp³-hybridized carbons (Fsp3) is 0.481. The summed E-state index contributed by atoms with van der Waals surface area (Å²) in [4.78, 5) is 26.9. The number of piperidine rings is 1. The molecule has 0 atom stereocenters. The summed E-state index contributed by atoms with van der Waals surface area (Å²) in [5.74, 6) is 0.733. The smallest absolute Gasteiger partial charge is 0.248 e. The van der Waals surface area contributed by atoms with Crippen molar-refractivity contribution in [2.24, 2.45) is 17.6 Å². The second-order valence-corrected chi connectivity index (χ2v) is 9.44. The molecule has 32 heavy (non-hydrogen) atoms. The van der Waals surface area contributed by atoms with Crippen molar-refractivity contribution < 1.29 is 14.0 Å². The molecule has 0 aromatic heterocycles. The number of ketones is 1. The number of primary amides is 1. The van der Waals surface area contributed by atoms with Crippen LogP contribution in [0.15, 0.2) is 48.5 Å². The minimum absolute atomic E-state index is 0.0532. The number of hydrogen-bond donors (Lipinski definition) is 1. The molecule has 0 radical (unpaired) electrons. The van der Waals surface area contributed by atoms with Gasteiger partial charge in [0.2, 0.25) is 5.91 Å². The molecule has 2 fully saturated rings. The quantitative estimate of drug-likeness (QED) is 0.608. The zero-order valence-corrected chi connectivity index (χ0v) is 18.6. The third-order valence-electron chi connectivity index (χ3n) is 7.45. The number of nitrogens with two attached hydrogens (primary N) is 1. The van der Waals surface area contributed by atoms with E-state index in [1.165, 1.54) is 31.4 Å². The standard InChI is InChI=1S/C27H33FN2O2/c28-23-11-9-21(10-12-23)26(31)22-14-17-30(18-15-22)16-13-19-5-7-20(8-6-19)24-3-1-2-4-25(24)27(29)32/h1-4,9-12,19-20,22H,5-8,13-18H2,(H2,29,32)/t19-,20-. The summed E-state index contributed by atoms with van der Waals surface area (Å²) in [7, 11) is 0. The summed E-state index contributed by atoms with van der Waals surface area (Å²) >= 11 is 0. The van der Waals surface area contributed by atoms with Crippen LogP contribution in [-0.2, 0) is 0 Å². The van der Waals surface area contributed by atoms with Gasteiger partial charge in [0, 0.05) is 17.0 Å². The van der Waals surface area contributed by atoms with Gasteiger partial charge in [-0.05, 0) is 112 Å². The van der Waals surface area contributed by atoms with Gasteiger partial charge in [-0.25, -0.2) is 4.39 Å². The van der Waals surface area contributed by atoms with Crippen molar-refractivity contribution in [2.75, 3.05) is 19.6 Å². The van der Waals surface area contributed by atoms with E-state index in [1.807, 2.05) is 18.2 Å². The van der Waals surface area contributed by atoms with Crippen molar-refractivity contribution >= 4 is 11.7 Å². The van der Waals surface area contributed by atoms with E-state index in [0.29, 0.717) is 17.0 Å². The maximum atomic E-state index is 13.1. The van der Waals surface area contributed by atoms with Crippen molar-refractivity contribution in [3.8, 4) is 0 Å². The van der Waals surface area contributed by atoms with E-state index in [9.17, 15) is 14.0 Å². The zero-order chi connectivity index (χ0) is 22.5. The molecule has 1 saturated heterocycles. The molecule has 2 aliphatic rings. The number of likely N-dealkylation sites (tertiary alicyclic amines) is 1. The molecular weight excluding hydrogens is 403 g/mol. The molecule has 0 unspecified atom stereocenters. The maximum absolute atomic E-state index is 13.1. The van der Waals surface area contributed by atoms with E-state index in [-0.39, 0.29) is 23.4 Å². The highest BCUT2D eigenvalue weighted by molar-refractivity contribution is 5.97. The van der Waals surface area contributed by atoms with Crippen LogP contribution < -0.4 is 5.73 Å². The lowest BCUT2D eigenvalue weighted by atomic mass is 9.76. The van der Waals surface area contributed by atoms with Gasteiger partial charge >= 0.3 is 0 Å². The van der Waals surface area contributed by atoms with E-state index in [1.54, 1.807) is 12.1 Å².